The fourth-order valence-electron chi connectivity index (χ4n) is 8.03. The first-order valence-electron chi connectivity index (χ1n) is 21.4. The van der Waals surface area contributed by atoms with Gasteiger partial charge in [0.05, 0.1) is 17.9 Å². The van der Waals surface area contributed by atoms with Crippen molar-refractivity contribution in [1.82, 2.24) is 35.4 Å². The van der Waals surface area contributed by atoms with Crippen LogP contribution in [0.15, 0.2) is 89.7 Å². The average molecular weight is 812 g/mol. The highest BCUT2D eigenvalue weighted by Gasteiger charge is 2.15. The number of hydrogen-bond donors (Lipinski definition) is 5. The molecule has 3 aromatic heterocycles. The smallest absolute Gasteiger partial charge is 0.0949 e. The van der Waals surface area contributed by atoms with Crippen molar-refractivity contribution in [3.05, 3.63) is 118 Å². The molecule has 0 radical (unpaired) electrons. The third kappa shape index (κ3) is 11.8. The summed E-state index contributed by atoms with van der Waals surface area (Å²) in [6, 6.07) is 26.2. The minimum atomic E-state index is 0.561. The molecule has 0 spiro atoms. The monoisotopic (exact) mass is 810 g/mol. The number of piperidine rings is 1. The highest BCUT2D eigenvalue weighted by Crippen LogP contribution is 2.24. The molecule has 9 nitrogen and oxygen atoms in total. The van der Waals surface area contributed by atoms with E-state index in [2.05, 4.69) is 127 Å². The Morgan fingerprint density at radius 1 is 0.780 bits per heavy atom. The number of ether oxygens (including phenoxy) is 1. The Balaban J connectivity index is 0.000000179. The average Bonchev–Trinajstić information content (AvgIpc) is 3.81. The van der Waals surface area contributed by atoms with Gasteiger partial charge in [-0.25, -0.2) is 0 Å². The lowest BCUT2D eigenvalue weighted by Crippen LogP contribution is -2.39. The minimum absolute atomic E-state index is 0.561. The number of fused-ring (bicyclic) bond motifs is 2. The molecule has 308 valence electrons. The Morgan fingerprint density at radius 2 is 1.42 bits per heavy atom. The lowest BCUT2D eigenvalue weighted by atomic mass is 10.1. The number of nitrogens with zero attached hydrogens (tertiary/aromatic N) is 3. The number of allylic oxidation sites excluding steroid dienone is 4. The molecular formula is C49H59ClN8O. The highest BCUT2D eigenvalue weighted by atomic mass is 35.5. The molecule has 5 N–H and O–H groups in total. The van der Waals surface area contributed by atoms with E-state index in [0.29, 0.717) is 18.6 Å². The van der Waals surface area contributed by atoms with Crippen molar-refractivity contribution in [2.45, 2.75) is 97.6 Å². The first-order chi connectivity index (χ1) is 28.9. The molecule has 0 bridgehead atoms. The topological polar surface area (TPSA) is 92.1 Å². The first kappa shape index (κ1) is 42.1. The van der Waals surface area contributed by atoms with E-state index in [1.807, 2.05) is 37.4 Å². The molecule has 5 aromatic rings. The van der Waals surface area contributed by atoms with Crippen molar-refractivity contribution in [3.63, 3.8) is 0 Å². The zero-order valence-electron chi connectivity index (χ0n) is 34.9. The Hall–Kier alpha value is -5.00. The zero-order valence-corrected chi connectivity index (χ0v) is 35.7. The van der Waals surface area contributed by atoms with Gasteiger partial charge in [-0.2, -0.15) is 0 Å². The van der Waals surface area contributed by atoms with Crippen molar-refractivity contribution in [2.75, 3.05) is 38.2 Å². The van der Waals surface area contributed by atoms with Crippen LogP contribution in [0.3, 0.4) is 0 Å². The van der Waals surface area contributed by atoms with Crippen LogP contribution < -0.4 is 26.6 Å². The van der Waals surface area contributed by atoms with Gasteiger partial charge in [0.15, 0.2) is 0 Å². The molecule has 2 aliphatic heterocycles. The molecular weight excluding hydrogens is 752 g/mol. The predicted molar refractivity (Wildman–Crippen MR) is 244 cm³/mol. The zero-order chi connectivity index (χ0) is 40.8. The van der Waals surface area contributed by atoms with Gasteiger partial charge in [0, 0.05) is 108 Å². The Bertz CT molecular complexity index is 2370. The van der Waals surface area contributed by atoms with E-state index in [1.54, 1.807) is 0 Å². The van der Waals surface area contributed by atoms with E-state index in [4.69, 9.17) is 16.3 Å². The number of aryl methyl sites for hydroxylation is 3. The van der Waals surface area contributed by atoms with Gasteiger partial charge in [0.25, 0.3) is 0 Å². The van der Waals surface area contributed by atoms with Gasteiger partial charge < -0.3 is 40.5 Å². The third-order valence-electron chi connectivity index (χ3n) is 11.3. The molecule has 0 amide bonds. The van der Waals surface area contributed by atoms with Crippen LogP contribution in [0.25, 0.3) is 21.8 Å². The van der Waals surface area contributed by atoms with Gasteiger partial charge in [0.1, 0.15) is 0 Å². The summed E-state index contributed by atoms with van der Waals surface area (Å²) in [5, 5.41) is 20.8. The fourth-order valence-corrected chi connectivity index (χ4v) is 8.19. The second-order valence-electron chi connectivity index (χ2n) is 15.5. The SMILES string of the molecule is CCn1c(C#CCNc2ccnc(C)c2)cc2cc(CNC3CCNCC3)ccc21.CCn1c(C#CNC2=CC=C(Cl)CC2)cc2cc(CNC3CCOCC3)ccc21. The molecule has 0 saturated carbocycles. The lowest BCUT2D eigenvalue weighted by Gasteiger charge is -2.23. The molecule has 2 saturated heterocycles. The van der Waals surface area contributed by atoms with E-state index < -0.39 is 0 Å². The van der Waals surface area contributed by atoms with Crippen molar-refractivity contribution >= 4 is 39.1 Å². The van der Waals surface area contributed by atoms with E-state index in [1.165, 1.54) is 45.8 Å². The van der Waals surface area contributed by atoms with Crippen LogP contribution in [0.4, 0.5) is 5.69 Å². The van der Waals surface area contributed by atoms with Crippen molar-refractivity contribution in [2.24, 2.45) is 0 Å². The van der Waals surface area contributed by atoms with Crippen LogP contribution in [0.2, 0.25) is 0 Å². The van der Waals surface area contributed by atoms with Crippen LogP contribution in [0.5, 0.6) is 0 Å². The molecule has 3 aliphatic rings. The molecule has 0 unspecified atom stereocenters. The molecule has 8 rings (SSSR count). The highest BCUT2D eigenvalue weighted by molar-refractivity contribution is 6.29. The number of benzene rings is 2. The normalized spacial score (nSPS) is 15.9. The molecule has 0 atom stereocenters. The summed E-state index contributed by atoms with van der Waals surface area (Å²) in [5.74, 6) is 9.91. The van der Waals surface area contributed by atoms with Crippen LogP contribution in [0.1, 0.15) is 80.6 Å². The molecule has 5 heterocycles. The first-order valence-corrected chi connectivity index (χ1v) is 21.8. The van der Waals surface area contributed by atoms with Crippen molar-refractivity contribution in [3.8, 4) is 23.8 Å². The number of rotatable bonds is 11. The summed E-state index contributed by atoms with van der Waals surface area (Å²) in [5.41, 5.74) is 10.4. The summed E-state index contributed by atoms with van der Waals surface area (Å²) in [4.78, 5) is 4.22. The van der Waals surface area contributed by atoms with Gasteiger partial charge in [-0.1, -0.05) is 29.7 Å². The van der Waals surface area contributed by atoms with Gasteiger partial charge in [-0.3, -0.25) is 4.98 Å². The molecule has 10 heteroatoms. The number of pyridine rings is 1. The summed E-state index contributed by atoms with van der Waals surface area (Å²) in [7, 11) is 0. The maximum absolute atomic E-state index is 6.02. The maximum Gasteiger partial charge on any atom is 0.0949 e. The largest absolute Gasteiger partial charge is 0.381 e. The van der Waals surface area contributed by atoms with E-state index in [0.717, 1.165) is 112 Å². The Labute approximate surface area is 355 Å². The summed E-state index contributed by atoms with van der Waals surface area (Å²) < 4.78 is 10.0. The van der Waals surface area contributed by atoms with Crippen LogP contribution in [-0.2, 0) is 30.9 Å². The number of hydrogen-bond acceptors (Lipinski definition) is 7. The fraction of sp³-hybridized carbons (Fsp3) is 0.408. The van der Waals surface area contributed by atoms with Gasteiger partial charge in [0.2, 0.25) is 0 Å². The van der Waals surface area contributed by atoms with Crippen LogP contribution in [0, 0.1) is 30.7 Å². The third-order valence-corrected chi connectivity index (χ3v) is 11.6. The number of aromatic nitrogens is 3. The number of anilines is 1. The van der Waals surface area contributed by atoms with Gasteiger partial charge >= 0.3 is 0 Å². The van der Waals surface area contributed by atoms with Crippen molar-refractivity contribution < 1.29 is 4.74 Å². The summed E-state index contributed by atoms with van der Waals surface area (Å²) in [6.07, 6.45) is 12.2. The predicted octanol–water partition coefficient (Wildman–Crippen LogP) is 8.30. The Kier molecular flexibility index (Phi) is 15.2. The second-order valence-corrected chi connectivity index (χ2v) is 16.0. The maximum atomic E-state index is 6.02. The summed E-state index contributed by atoms with van der Waals surface area (Å²) >= 11 is 6.02. The molecule has 1 aliphatic carbocycles. The van der Waals surface area contributed by atoms with E-state index >= 15 is 0 Å². The van der Waals surface area contributed by atoms with E-state index in [9.17, 15) is 0 Å². The van der Waals surface area contributed by atoms with Gasteiger partial charge in [-0.05, 0) is 156 Å². The number of halogens is 1. The lowest BCUT2D eigenvalue weighted by molar-refractivity contribution is 0.0776. The van der Waals surface area contributed by atoms with Crippen molar-refractivity contribution in [1.29, 1.82) is 0 Å². The number of nitrogens with one attached hydrogen (secondary N) is 5. The molecule has 2 fully saturated rings. The second kappa shape index (κ2) is 21.3. The minimum Gasteiger partial charge on any atom is -0.381 e. The standard InChI is InChI=1S/C25H31N5.C24H28ClN3O/c1-3-30-24(5-4-11-28-23-10-14-27-19(2)15-23)17-21-16-20(6-7-25(21)30)18-29-22-8-12-26-13-9-22;1-2-28-23(9-12-26-21-6-4-20(25)5-7-21)16-19-15-18(3-8-24(19)28)17-27-22-10-13-29-14-11-22/h6-7,10,14-17,22,26,29H,3,8-9,11-13,18H2,1-2H3,(H,27,28);3-4,6,8,15-16,22,26-27H,2,5,7,10-11,13-14,17H2,1H3. The van der Waals surface area contributed by atoms with Gasteiger partial charge in [-0.15, -0.1) is 0 Å². The summed E-state index contributed by atoms with van der Waals surface area (Å²) in [6.45, 7) is 14.5. The molecule has 2 aromatic carbocycles. The van der Waals surface area contributed by atoms with E-state index in [-0.39, 0.29) is 0 Å². The Morgan fingerprint density at radius 3 is 2.03 bits per heavy atom. The van der Waals surface area contributed by atoms with Crippen LogP contribution >= 0.6 is 11.6 Å². The van der Waals surface area contributed by atoms with Crippen LogP contribution in [-0.4, -0.2) is 59.0 Å². The quantitative estimate of drug-likeness (QED) is 0.0678. The molecule has 59 heavy (non-hydrogen) atoms.